The van der Waals surface area contributed by atoms with Crippen molar-refractivity contribution in [1.29, 1.82) is 0 Å². The molecule has 0 bridgehead atoms. The van der Waals surface area contributed by atoms with Crippen molar-refractivity contribution in [2.75, 3.05) is 26.8 Å². The van der Waals surface area contributed by atoms with Crippen molar-refractivity contribution in [3.63, 3.8) is 0 Å². The van der Waals surface area contributed by atoms with Crippen LogP contribution in [0.15, 0.2) is 0 Å². The number of ether oxygens (including phenoxy) is 1. The maximum Gasteiger partial charge on any atom is 0.136 e. The van der Waals surface area contributed by atoms with Gasteiger partial charge in [0.2, 0.25) is 0 Å². The van der Waals surface area contributed by atoms with Gasteiger partial charge < -0.3 is 10.1 Å². The Kier molecular flexibility index (Phi) is 4.39. The van der Waals surface area contributed by atoms with Gasteiger partial charge in [-0.05, 0) is 25.4 Å². The summed E-state index contributed by atoms with van der Waals surface area (Å²) in [7, 11) is 1.67. The van der Waals surface area contributed by atoms with Gasteiger partial charge in [0.1, 0.15) is 5.78 Å². The Balaban J connectivity index is 2.13. The van der Waals surface area contributed by atoms with Crippen LogP contribution in [0.4, 0.5) is 0 Å². The summed E-state index contributed by atoms with van der Waals surface area (Å²) in [4.78, 5) is 11.6. The third-order valence-electron chi connectivity index (χ3n) is 2.66. The van der Waals surface area contributed by atoms with Crippen molar-refractivity contribution < 1.29 is 9.53 Å². The van der Waals surface area contributed by atoms with Gasteiger partial charge in [0.05, 0.1) is 0 Å². The van der Waals surface area contributed by atoms with Gasteiger partial charge in [-0.1, -0.05) is 6.92 Å². The molecule has 3 heteroatoms. The zero-order valence-corrected chi connectivity index (χ0v) is 8.51. The largest absolute Gasteiger partial charge is 0.385 e. The molecule has 1 unspecified atom stereocenters. The molecule has 0 radical (unpaired) electrons. The monoisotopic (exact) mass is 185 g/mol. The van der Waals surface area contributed by atoms with Crippen molar-refractivity contribution in [3.8, 4) is 0 Å². The number of ketones is 1. The fraction of sp³-hybridized carbons (Fsp3) is 0.900. The van der Waals surface area contributed by atoms with E-state index in [1.165, 1.54) is 0 Å². The molecule has 0 aromatic rings. The van der Waals surface area contributed by atoms with Crippen LogP contribution in [0.25, 0.3) is 0 Å². The van der Waals surface area contributed by atoms with Crippen LogP contribution in [-0.2, 0) is 9.53 Å². The number of hydrogen-bond donors (Lipinski definition) is 1. The number of hydrogen-bond acceptors (Lipinski definition) is 3. The lowest BCUT2D eigenvalue weighted by Crippen LogP contribution is -2.43. The molecule has 0 aromatic carbocycles. The molecule has 13 heavy (non-hydrogen) atoms. The molecule has 0 aromatic heterocycles. The Bertz CT molecular complexity index is 166. The molecule has 1 saturated heterocycles. The maximum absolute atomic E-state index is 11.6. The van der Waals surface area contributed by atoms with E-state index in [0.717, 1.165) is 25.9 Å². The zero-order valence-electron chi connectivity index (χ0n) is 8.51. The molecule has 76 valence electrons. The van der Waals surface area contributed by atoms with E-state index in [4.69, 9.17) is 4.74 Å². The smallest absolute Gasteiger partial charge is 0.136 e. The van der Waals surface area contributed by atoms with Crippen molar-refractivity contribution in [3.05, 3.63) is 0 Å². The third kappa shape index (κ3) is 3.44. The number of nitrogens with one attached hydrogen (secondary N) is 1. The maximum atomic E-state index is 11.6. The SMILES string of the molecule is COCCC(C)C(=O)CC1CNC1. The lowest BCUT2D eigenvalue weighted by molar-refractivity contribution is -0.124. The number of Topliss-reactive ketones (excluding diaryl/α,β-unsaturated/α-hetero) is 1. The highest BCUT2D eigenvalue weighted by Gasteiger charge is 2.22. The number of carbonyl (C=O) groups is 1. The third-order valence-corrected chi connectivity index (χ3v) is 2.66. The minimum Gasteiger partial charge on any atom is -0.385 e. The van der Waals surface area contributed by atoms with Crippen LogP contribution in [0.5, 0.6) is 0 Å². The van der Waals surface area contributed by atoms with E-state index >= 15 is 0 Å². The van der Waals surface area contributed by atoms with Crippen molar-refractivity contribution in [2.45, 2.75) is 19.8 Å². The minimum atomic E-state index is 0.167. The fourth-order valence-electron chi connectivity index (χ4n) is 1.43. The Morgan fingerprint density at radius 3 is 2.77 bits per heavy atom. The molecule has 1 aliphatic heterocycles. The minimum absolute atomic E-state index is 0.167. The summed E-state index contributed by atoms with van der Waals surface area (Å²) in [6, 6.07) is 0. The predicted octanol–water partition coefficient (Wildman–Crippen LogP) is 0.838. The zero-order chi connectivity index (χ0) is 9.68. The lowest BCUT2D eigenvalue weighted by atomic mass is 9.90. The molecule has 1 rings (SSSR count). The second-order valence-corrected chi connectivity index (χ2v) is 3.88. The average molecular weight is 185 g/mol. The summed E-state index contributed by atoms with van der Waals surface area (Å²) in [6.07, 6.45) is 1.60. The van der Waals surface area contributed by atoms with Gasteiger partial charge in [0.15, 0.2) is 0 Å². The second-order valence-electron chi connectivity index (χ2n) is 3.88. The predicted molar refractivity (Wildman–Crippen MR) is 51.6 cm³/mol. The highest BCUT2D eigenvalue weighted by molar-refractivity contribution is 5.81. The van der Waals surface area contributed by atoms with E-state index < -0.39 is 0 Å². The first-order valence-electron chi connectivity index (χ1n) is 4.96. The summed E-state index contributed by atoms with van der Waals surface area (Å²) in [5, 5.41) is 3.17. The number of carbonyl (C=O) groups excluding carboxylic acids is 1. The average Bonchev–Trinajstić information content (AvgIpc) is 2.06. The van der Waals surface area contributed by atoms with E-state index in [1.54, 1.807) is 7.11 Å². The summed E-state index contributed by atoms with van der Waals surface area (Å²) < 4.78 is 4.94. The normalized spacial score (nSPS) is 19.5. The van der Waals surface area contributed by atoms with E-state index in [2.05, 4.69) is 5.32 Å². The Hall–Kier alpha value is -0.410. The standard InChI is InChI=1S/C10H19NO2/c1-8(3-4-13-2)10(12)5-9-6-11-7-9/h8-9,11H,3-7H2,1-2H3. The Labute approximate surface area is 79.8 Å². The Morgan fingerprint density at radius 2 is 2.31 bits per heavy atom. The molecule has 1 heterocycles. The lowest BCUT2D eigenvalue weighted by Gasteiger charge is -2.27. The summed E-state index contributed by atoms with van der Waals surface area (Å²) in [6.45, 7) is 4.72. The van der Waals surface area contributed by atoms with Crippen molar-refractivity contribution >= 4 is 5.78 Å². The highest BCUT2D eigenvalue weighted by Crippen LogP contribution is 2.14. The molecule has 1 fully saturated rings. The first-order chi connectivity index (χ1) is 6.24. The molecule has 1 atom stereocenters. The second kappa shape index (κ2) is 5.35. The van der Waals surface area contributed by atoms with E-state index in [9.17, 15) is 4.79 Å². The van der Waals surface area contributed by atoms with Crippen LogP contribution in [0, 0.1) is 11.8 Å². The van der Waals surface area contributed by atoms with Gasteiger partial charge in [-0.3, -0.25) is 4.79 Å². The van der Waals surface area contributed by atoms with E-state index in [-0.39, 0.29) is 5.92 Å². The molecule has 0 amide bonds. The van der Waals surface area contributed by atoms with Crippen LogP contribution in [0.2, 0.25) is 0 Å². The summed E-state index contributed by atoms with van der Waals surface area (Å²) in [5.74, 6) is 1.15. The van der Waals surface area contributed by atoms with Crippen molar-refractivity contribution in [2.24, 2.45) is 11.8 Å². The van der Waals surface area contributed by atoms with E-state index in [0.29, 0.717) is 18.3 Å². The van der Waals surface area contributed by atoms with Gasteiger partial charge in [0, 0.05) is 26.1 Å². The number of rotatable bonds is 6. The molecule has 3 nitrogen and oxygen atoms in total. The van der Waals surface area contributed by atoms with Gasteiger partial charge in [-0.2, -0.15) is 0 Å². The quantitative estimate of drug-likeness (QED) is 0.666. The van der Waals surface area contributed by atoms with Crippen LogP contribution in [-0.4, -0.2) is 32.6 Å². The van der Waals surface area contributed by atoms with Gasteiger partial charge >= 0.3 is 0 Å². The molecule has 1 aliphatic rings. The molecular weight excluding hydrogens is 166 g/mol. The number of methoxy groups -OCH3 is 1. The molecule has 1 N–H and O–H groups in total. The molecule has 0 aliphatic carbocycles. The molecular formula is C10H19NO2. The molecule has 0 spiro atoms. The van der Waals surface area contributed by atoms with Crippen molar-refractivity contribution in [1.82, 2.24) is 5.32 Å². The Morgan fingerprint density at radius 1 is 1.62 bits per heavy atom. The first kappa shape index (κ1) is 10.7. The van der Waals surface area contributed by atoms with Crippen LogP contribution in [0.1, 0.15) is 19.8 Å². The van der Waals surface area contributed by atoms with Crippen LogP contribution >= 0.6 is 0 Å². The first-order valence-corrected chi connectivity index (χ1v) is 4.96. The van der Waals surface area contributed by atoms with Gasteiger partial charge in [-0.15, -0.1) is 0 Å². The van der Waals surface area contributed by atoms with Gasteiger partial charge in [0.25, 0.3) is 0 Å². The van der Waals surface area contributed by atoms with E-state index in [1.807, 2.05) is 6.92 Å². The molecule has 0 saturated carbocycles. The highest BCUT2D eigenvalue weighted by atomic mass is 16.5. The topological polar surface area (TPSA) is 38.3 Å². The summed E-state index contributed by atoms with van der Waals surface area (Å²) in [5.41, 5.74) is 0. The van der Waals surface area contributed by atoms with Crippen LogP contribution in [0.3, 0.4) is 0 Å². The van der Waals surface area contributed by atoms with Crippen LogP contribution < -0.4 is 5.32 Å². The van der Waals surface area contributed by atoms with Gasteiger partial charge in [-0.25, -0.2) is 0 Å². The fourth-order valence-corrected chi connectivity index (χ4v) is 1.43. The summed E-state index contributed by atoms with van der Waals surface area (Å²) >= 11 is 0.